The number of hydrogen-bond acceptors (Lipinski definition) is 5. The molecule has 1 N–H and O–H groups in total. The lowest BCUT2D eigenvalue weighted by molar-refractivity contribution is -0.117. The molecule has 0 radical (unpaired) electrons. The zero-order chi connectivity index (χ0) is 24.0. The number of amides is 1. The number of nitrogens with one attached hydrogen (secondary N) is 1. The Kier molecular flexibility index (Phi) is 8.64. The molecule has 0 unspecified atom stereocenters. The molecule has 3 rings (SSSR count). The molecule has 8 heteroatoms. The highest BCUT2D eigenvalue weighted by Gasteiger charge is 2.23. The summed E-state index contributed by atoms with van der Waals surface area (Å²) in [6.07, 6.45) is 0. The smallest absolute Gasteiger partial charge is 0.243 e. The van der Waals surface area contributed by atoms with Gasteiger partial charge < -0.3 is 5.32 Å². The lowest BCUT2D eigenvalue weighted by atomic mass is 10.1. The molecular formula is C25H36N4O3S. The van der Waals surface area contributed by atoms with E-state index >= 15 is 0 Å². The summed E-state index contributed by atoms with van der Waals surface area (Å²) in [5.41, 5.74) is 4.04. The fourth-order valence-corrected chi connectivity index (χ4v) is 5.62. The van der Waals surface area contributed by atoms with E-state index in [1.807, 2.05) is 20.8 Å². The molecule has 0 atom stereocenters. The van der Waals surface area contributed by atoms with E-state index in [1.165, 1.54) is 15.4 Å². The molecular weight excluding hydrogens is 436 g/mol. The van der Waals surface area contributed by atoms with E-state index in [2.05, 4.69) is 46.3 Å². The Labute approximate surface area is 198 Å². The standard InChI is InChI=1S/C25H36N4O3S/c1-5-29(6-2)33(31,32)23-12-11-21(4)24(17-23)26-25(30)19-28-15-13-27(14-16-28)18-22-10-8-7-9-20(22)3/h7-12,17H,5-6,13-16,18-19H2,1-4H3,(H,26,30). The summed E-state index contributed by atoms with van der Waals surface area (Å²) in [4.78, 5) is 17.5. The Morgan fingerprint density at radius 1 is 0.939 bits per heavy atom. The molecule has 1 fully saturated rings. The molecule has 0 bridgehead atoms. The van der Waals surface area contributed by atoms with Crippen molar-refractivity contribution in [1.29, 1.82) is 0 Å². The summed E-state index contributed by atoms with van der Waals surface area (Å²) in [5, 5.41) is 2.93. The fraction of sp³-hybridized carbons (Fsp3) is 0.480. The van der Waals surface area contributed by atoms with Gasteiger partial charge in [-0.15, -0.1) is 0 Å². The van der Waals surface area contributed by atoms with Crippen LogP contribution in [0.4, 0.5) is 5.69 Å². The van der Waals surface area contributed by atoms with Gasteiger partial charge in [0.2, 0.25) is 15.9 Å². The first-order valence-corrected chi connectivity index (χ1v) is 13.1. The Morgan fingerprint density at radius 3 is 2.21 bits per heavy atom. The normalized spacial score (nSPS) is 15.7. The van der Waals surface area contributed by atoms with Crippen molar-refractivity contribution in [2.75, 3.05) is 51.1 Å². The second-order valence-corrected chi connectivity index (χ2v) is 10.5. The van der Waals surface area contributed by atoms with Gasteiger partial charge in [0, 0.05) is 51.5 Å². The van der Waals surface area contributed by atoms with Gasteiger partial charge in [-0.3, -0.25) is 14.6 Å². The van der Waals surface area contributed by atoms with Gasteiger partial charge in [0.25, 0.3) is 0 Å². The van der Waals surface area contributed by atoms with Crippen LogP contribution in [0.25, 0.3) is 0 Å². The van der Waals surface area contributed by atoms with Crippen molar-refractivity contribution in [1.82, 2.24) is 14.1 Å². The Hall–Kier alpha value is -2.26. The summed E-state index contributed by atoms with van der Waals surface area (Å²) in [7, 11) is -3.57. The molecule has 0 aliphatic carbocycles. The lowest BCUT2D eigenvalue weighted by Gasteiger charge is -2.34. The van der Waals surface area contributed by atoms with Crippen LogP contribution in [0.3, 0.4) is 0 Å². The van der Waals surface area contributed by atoms with E-state index in [0.29, 0.717) is 25.3 Å². The number of carbonyl (C=O) groups is 1. The second kappa shape index (κ2) is 11.2. The molecule has 0 saturated carbocycles. The molecule has 2 aromatic rings. The monoisotopic (exact) mass is 472 g/mol. The van der Waals surface area contributed by atoms with E-state index in [0.717, 1.165) is 38.3 Å². The quantitative estimate of drug-likeness (QED) is 0.607. The van der Waals surface area contributed by atoms with Gasteiger partial charge in [0.05, 0.1) is 11.4 Å². The molecule has 2 aromatic carbocycles. The molecule has 180 valence electrons. The molecule has 1 amide bonds. The maximum absolute atomic E-state index is 12.8. The Morgan fingerprint density at radius 2 is 1.58 bits per heavy atom. The number of benzene rings is 2. The number of piperazine rings is 1. The van der Waals surface area contributed by atoms with Crippen molar-refractivity contribution in [2.45, 2.75) is 39.1 Å². The van der Waals surface area contributed by atoms with E-state index in [9.17, 15) is 13.2 Å². The summed E-state index contributed by atoms with van der Waals surface area (Å²) in [6, 6.07) is 13.4. The first kappa shape index (κ1) is 25.4. The maximum atomic E-state index is 12.8. The highest BCUT2D eigenvalue weighted by molar-refractivity contribution is 7.89. The molecule has 0 spiro atoms. The fourth-order valence-electron chi connectivity index (χ4n) is 4.14. The van der Waals surface area contributed by atoms with Crippen molar-refractivity contribution in [3.63, 3.8) is 0 Å². The van der Waals surface area contributed by atoms with Crippen LogP contribution in [0.1, 0.15) is 30.5 Å². The van der Waals surface area contributed by atoms with Crippen molar-refractivity contribution >= 4 is 21.6 Å². The summed E-state index contributed by atoms with van der Waals surface area (Å²) < 4.78 is 27.1. The molecule has 33 heavy (non-hydrogen) atoms. The van der Waals surface area contributed by atoms with Crippen LogP contribution in [0, 0.1) is 13.8 Å². The second-order valence-electron chi connectivity index (χ2n) is 8.59. The third-order valence-corrected chi connectivity index (χ3v) is 8.36. The van der Waals surface area contributed by atoms with Crippen LogP contribution >= 0.6 is 0 Å². The zero-order valence-corrected chi connectivity index (χ0v) is 21.0. The number of sulfonamides is 1. The summed E-state index contributed by atoms with van der Waals surface area (Å²) in [6.45, 7) is 13.2. The van der Waals surface area contributed by atoms with Crippen molar-refractivity contribution < 1.29 is 13.2 Å². The minimum absolute atomic E-state index is 0.122. The molecule has 1 heterocycles. The Balaban J connectivity index is 1.56. The van der Waals surface area contributed by atoms with Crippen LogP contribution in [0.15, 0.2) is 47.4 Å². The van der Waals surface area contributed by atoms with Gasteiger partial charge >= 0.3 is 0 Å². The first-order chi connectivity index (χ1) is 15.7. The van der Waals surface area contributed by atoms with Gasteiger partial charge in [-0.05, 0) is 42.7 Å². The number of hydrogen-bond donors (Lipinski definition) is 1. The van der Waals surface area contributed by atoms with Crippen LogP contribution in [0.2, 0.25) is 0 Å². The third kappa shape index (κ3) is 6.41. The minimum Gasteiger partial charge on any atom is -0.325 e. The third-order valence-electron chi connectivity index (χ3n) is 6.31. The molecule has 7 nitrogen and oxygen atoms in total. The van der Waals surface area contributed by atoms with Crippen LogP contribution < -0.4 is 5.32 Å². The van der Waals surface area contributed by atoms with E-state index < -0.39 is 10.0 Å². The molecule has 1 saturated heterocycles. The lowest BCUT2D eigenvalue weighted by Crippen LogP contribution is -2.48. The summed E-state index contributed by atoms with van der Waals surface area (Å²) in [5.74, 6) is -0.122. The zero-order valence-electron chi connectivity index (χ0n) is 20.2. The SMILES string of the molecule is CCN(CC)S(=O)(=O)c1ccc(C)c(NC(=O)CN2CCN(Cc3ccccc3C)CC2)c1. The highest BCUT2D eigenvalue weighted by Crippen LogP contribution is 2.23. The van der Waals surface area contributed by atoms with Gasteiger partial charge in [-0.1, -0.05) is 44.2 Å². The van der Waals surface area contributed by atoms with Crippen molar-refractivity contribution in [2.24, 2.45) is 0 Å². The average molecular weight is 473 g/mol. The van der Waals surface area contributed by atoms with E-state index in [-0.39, 0.29) is 10.8 Å². The molecule has 1 aliphatic heterocycles. The minimum atomic E-state index is -3.57. The van der Waals surface area contributed by atoms with Gasteiger partial charge in [-0.2, -0.15) is 4.31 Å². The average Bonchev–Trinajstić information content (AvgIpc) is 2.78. The van der Waals surface area contributed by atoms with Crippen LogP contribution in [0.5, 0.6) is 0 Å². The first-order valence-electron chi connectivity index (χ1n) is 11.6. The molecule has 1 aliphatic rings. The molecule has 0 aromatic heterocycles. The number of nitrogens with zero attached hydrogens (tertiary/aromatic N) is 3. The van der Waals surface area contributed by atoms with Crippen LogP contribution in [-0.2, 0) is 21.4 Å². The largest absolute Gasteiger partial charge is 0.325 e. The topological polar surface area (TPSA) is 73.0 Å². The van der Waals surface area contributed by atoms with Gasteiger partial charge in [0.15, 0.2) is 0 Å². The van der Waals surface area contributed by atoms with Gasteiger partial charge in [0.1, 0.15) is 0 Å². The van der Waals surface area contributed by atoms with E-state index in [4.69, 9.17) is 0 Å². The number of anilines is 1. The van der Waals surface area contributed by atoms with Gasteiger partial charge in [-0.25, -0.2) is 8.42 Å². The van der Waals surface area contributed by atoms with Crippen molar-refractivity contribution in [3.05, 3.63) is 59.2 Å². The maximum Gasteiger partial charge on any atom is 0.243 e. The van der Waals surface area contributed by atoms with Crippen molar-refractivity contribution in [3.8, 4) is 0 Å². The summed E-state index contributed by atoms with van der Waals surface area (Å²) >= 11 is 0. The predicted molar refractivity (Wildman–Crippen MR) is 133 cm³/mol. The van der Waals surface area contributed by atoms with E-state index in [1.54, 1.807) is 18.2 Å². The predicted octanol–water partition coefficient (Wildman–Crippen LogP) is 3.09. The highest BCUT2D eigenvalue weighted by atomic mass is 32.2. The number of rotatable bonds is 9. The van der Waals surface area contributed by atoms with Crippen LogP contribution in [-0.4, -0.2) is 74.2 Å². The Bertz CT molecular complexity index is 1060. The number of aryl methyl sites for hydroxylation is 2. The number of carbonyl (C=O) groups excluding carboxylic acids is 1.